The van der Waals surface area contributed by atoms with E-state index in [1.807, 2.05) is 13.0 Å². The molecule has 0 atom stereocenters. The molecule has 0 saturated carbocycles. The third-order valence-electron chi connectivity index (χ3n) is 5.92. The summed E-state index contributed by atoms with van der Waals surface area (Å²) >= 11 is 0. The van der Waals surface area contributed by atoms with Gasteiger partial charge in [0, 0.05) is 44.6 Å². The minimum absolute atomic E-state index is 0.0617. The van der Waals surface area contributed by atoms with Gasteiger partial charge in [-0.15, -0.1) is 0 Å². The van der Waals surface area contributed by atoms with Gasteiger partial charge in [-0.05, 0) is 42.3 Å². The maximum atomic E-state index is 13.9. The lowest BCUT2D eigenvalue weighted by molar-refractivity contribution is -0.118. The number of nitrogens with zero attached hydrogens (tertiary/aromatic N) is 2. The number of piperidine rings is 1. The van der Waals surface area contributed by atoms with Gasteiger partial charge in [-0.3, -0.25) is 9.59 Å². The van der Waals surface area contributed by atoms with E-state index in [2.05, 4.69) is 0 Å². The minimum Gasteiger partial charge on any atom is -0.459 e. The Morgan fingerprint density at radius 1 is 1.06 bits per heavy atom. The standard InChI is InChI=1S/C24H25FN2O4/c1-2-22(28)27-14-9-16-15-17(7-8-21(16)27)24(30)31-18-10-12-26(13-11-18)23(29)19-5-3-4-6-20(19)25/h3-8,15,18H,2,9-14H2,1H3. The van der Waals surface area contributed by atoms with Gasteiger partial charge < -0.3 is 14.5 Å². The molecule has 4 rings (SSSR count). The van der Waals surface area contributed by atoms with Gasteiger partial charge in [0.2, 0.25) is 5.91 Å². The van der Waals surface area contributed by atoms with Crippen molar-refractivity contribution in [2.45, 2.75) is 38.7 Å². The fourth-order valence-corrected chi connectivity index (χ4v) is 4.18. The van der Waals surface area contributed by atoms with Crippen molar-refractivity contribution >= 4 is 23.5 Å². The number of anilines is 1. The van der Waals surface area contributed by atoms with Crippen LogP contribution in [0.4, 0.5) is 10.1 Å². The van der Waals surface area contributed by atoms with Crippen LogP contribution in [0.3, 0.4) is 0 Å². The van der Waals surface area contributed by atoms with E-state index in [9.17, 15) is 18.8 Å². The summed E-state index contributed by atoms with van der Waals surface area (Å²) in [6.45, 7) is 3.28. The molecule has 2 amide bonds. The van der Waals surface area contributed by atoms with Gasteiger partial charge in [-0.25, -0.2) is 9.18 Å². The zero-order valence-electron chi connectivity index (χ0n) is 17.5. The number of rotatable bonds is 4. The van der Waals surface area contributed by atoms with Crippen molar-refractivity contribution in [3.63, 3.8) is 0 Å². The zero-order valence-corrected chi connectivity index (χ0v) is 17.5. The van der Waals surface area contributed by atoms with E-state index in [4.69, 9.17) is 4.74 Å². The van der Waals surface area contributed by atoms with Gasteiger partial charge in [0.05, 0.1) is 11.1 Å². The van der Waals surface area contributed by atoms with E-state index in [-0.39, 0.29) is 23.5 Å². The molecule has 7 heteroatoms. The number of amides is 2. The van der Waals surface area contributed by atoms with Crippen molar-refractivity contribution in [1.82, 2.24) is 4.90 Å². The third kappa shape index (κ3) is 4.31. The molecular weight excluding hydrogens is 399 g/mol. The summed E-state index contributed by atoms with van der Waals surface area (Å²) in [5.41, 5.74) is 2.37. The Morgan fingerprint density at radius 3 is 2.52 bits per heavy atom. The first-order chi connectivity index (χ1) is 15.0. The minimum atomic E-state index is -0.531. The molecule has 2 aliphatic rings. The van der Waals surface area contributed by atoms with E-state index in [0.717, 1.165) is 17.7 Å². The predicted octanol–water partition coefficient (Wildman–Crippen LogP) is 3.59. The predicted molar refractivity (Wildman–Crippen MR) is 114 cm³/mol. The number of hydrogen-bond donors (Lipinski definition) is 0. The molecule has 0 N–H and O–H groups in total. The molecule has 6 nitrogen and oxygen atoms in total. The maximum Gasteiger partial charge on any atom is 0.338 e. The second-order valence-corrected chi connectivity index (χ2v) is 7.87. The van der Waals surface area contributed by atoms with Gasteiger partial charge in [-0.2, -0.15) is 0 Å². The van der Waals surface area contributed by atoms with E-state index in [0.29, 0.717) is 44.5 Å². The van der Waals surface area contributed by atoms with Crippen LogP contribution < -0.4 is 4.90 Å². The fourth-order valence-electron chi connectivity index (χ4n) is 4.18. The molecule has 2 aromatic carbocycles. The molecule has 1 fully saturated rings. The molecular formula is C24H25FN2O4. The summed E-state index contributed by atoms with van der Waals surface area (Å²) in [7, 11) is 0. The molecule has 0 aromatic heterocycles. The number of halogens is 1. The quantitative estimate of drug-likeness (QED) is 0.704. The van der Waals surface area contributed by atoms with Gasteiger partial charge in [0.25, 0.3) is 5.91 Å². The highest BCUT2D eigenvalue weighted by Crippen LogP contribution is 2.30. The first-order valence-corrected chi connectivity index (χ1v) is 10.7. The highest BCUT2D eigenvalue weighted by atomic mass is 19.1. The molecule has 162 valence electrons. The van der Waals surface area contributed by atoms with Gasteiger partial charge in [0.1, 0.15) is 11.9 Å². The molecule has 0 bridgehead atoms. The highest BCUT2D eigenvalue weighted by Gasteiger charge is 2.28. The van der Waals surface area contributed by atoms with E-state index < -0.39 is 11.8 Å². The SMILES string of the molecule is CCC(=O)N1CCc2cc(C(=O)OC3CCN(C(=O)c4ccccc4F)CC3)ccc21. The van der Waals surface area contributed by atoms with Crippen molar-refractivity contribution < 1.29 is 23.5 Å². The molecule has 2 heterocycles. The smallest absolute Gasteiger partial charge is 0.338 e. The van der Waals surface area contributed by atoms with Crippen LogP contribution in [0.15, 0.2) is 42.5 Å². The molecule has 0 radical (unpaired) electrons. The van der Waals surface area contributed by atoms with Crippen LogP contribution in [0, 0.1) is 5.82 Å². The van der Waals surface area contributed by atoms with Crippen LogP contribution in [-0.4, -0.2) is 48.4 Å². The Labute approximate surface area is 180 Å². The van der Waals surface area contributed by atoms with Crippen molar-refractivity contribution in [2.24, 2.45) is 0 Å². The largest absolute Gasteiger partial charge is 0.459 e. The number of esters is 1. The number of carbonyl (C=O) groups is 3. The van der Waals surface area contributed by atoms with E-state index >= 15 is 0 Å². The Kier molecular flexibility index (Phi) is 6.02. The number of ether oxygens (including phenoxy) is 1. The lowest BCUT2D eigenvalue weighted by atomic mass is 10.1. The van der Waals surface area contributed by atoms with Crippen LogP contribution in [0.2, 0.25) is 0 Å². The van der Waals surface area contributed by atoms with Crippen LogP contribution >= 0.6 is 0 Å². The molecule has 1 saturated heterocycles. The van der Waals surface area contributed by atoms with E-state index in [1.54, 1.807) is 34.1 Å². The normalized spacial score (nSPS) is 16.2. The van der Waals surface area contributed by atoms with Crippen molar-refractivity contribution in [2.75, 3.05) is 24.5 Å². The zero-order chi connectivity index (χ0) is 22.0. The highest BCUT2D eigenvalue weighted by molar-refractivity contribution is 5.97. The van der Waals surface area contributed by atoms with Crippen molar-refractivity contribution in [3.8, 4) is 0 Å². The average Bonchev–Trinajstić information content (AvgIpc) is 3.22. The first kappa shape index (κ1) is 21.0. The fraction of sp³-hybridized carbons (Fsp3) is 0.375. The maximum absolute atomic E-state index is 13.9. The average molecular weight is 424 g/mol. The van der Waals surface area contributed by atoms with Crippen LogP contribution in [0.5, 0.6) is 0 Å². The molecule has 0 unspecified atom stereocenters. The Morgan fingerprint density at radius 2 is 1.81 bits per heavy atom. The van der Waals surface area contributed by atoms with E-state index in [1.165, 1.54) is 12.1 Å². The van der Waals surface area contributed by atoms with Crippen LogP contribution in [-0.2, 0) is 16.0 Å². The number of fused-ring (bicyclic) bond motifs is 1. The molecule has 2 aromatic rings. The van der Waals surface area contributed by atoms with Gasteiger partial charge in [-0.1, -0.05) is 19.1 Å². The molecule has 31 heavy (non-hydrogen) atoms. The number of carbonyl (C=O) groups excluding carboxylic acids is 3. The summed E-state index contributed by atoms with van der Waals surface area (Å²) in [6, 6.07) is 11.2. The molecule has 0 aliphatic carbocycles. The van der Waals surface area contributed by atoms with Crippen molar-refractivity contribution in [3.05, 3.63) is 65.0 Å². The summed E-state index contributed by atoms with van der Waals surface area (Å²) in [5.74, 6) is -1.20. The summed E-state index contributed by atoms with van der Waals surface area (Å²) in [5, 5.41) is 0. The Balaban J connectivity index is 1.34. The Bertz CT molecular complexity index is 1010. The molecule has 0 spiro atoms. The summed E-state index contributed by atoms with van der Waals surface area (Å²) in [6.07, 6.45) is 1.90. The monoisotopic (exact) mass is 424 g/mol. The first-order valence-electron chi connectivity index (χ1n) is 10.7. The van der Waals surface area contributed by atoms with Crippen molar-refractivity contribution in [1.29, 1.82) is 0 Å². The van der Waals surface area contributed by atoms with Gasteiger partial charge >= 0.3 is 5.97 Å². The lowest BCUT2D eigenvalue weighted by Gasteiger charge is -2.31. The number of benzene rings is 2. The number of likely N-dealkylation sites (tertiary alicyclic amines) is 1. The second kappa shape index (κ2) is 8.88. The van der Waals surface area contributed by atoms with Crippen LogP contribution in [0.25, 0.3) is 0 Å². The Hall–Kier alpha value is -3.22. The second-order valence-electron chi connectivity index (χ2n) is 7.87. The van der Waals surface area contributed by atoms with Crippen LogP contribution in [0.1, 0.15) is 52.5 Å². The number of hydrogen-bond acceptors (Lipinski definition) is 4. The van der Waals surface area contributed by atoms with Gasteiger partial charge in [0.15, 0.2) is 0 Å². The summed E-state index contributed by atoms with van der Waals surface area (Å²) in [4.78, 5) is 40.5. The topological polar surface area (TPSA) is 66.9 Å². The third-order valence-corrected chi connectivity index (χ3v) is 5.92. The summed E-state index contributed by atoms with van der Waals surface area (Å²) < 4.78 is 19.5. The lowest BCUT2D eigenvalue weighted by Crippen LogP contribution is -2.41. The molecule has 2 aliphatic heterocycles.